The Balaban J connectivity index is 1.38. The normalized spacial score (nSPS) is 33.9. The molecule has 4 aliphatic carbocycles. The molecule has 146 valence electrons. The van der Waals surface area contributed by atoms with E-state index in [2.05, 4.69) is 20.8 Å². The summed E-state index contributed by atoms with van der Waals surface area (Å²) in [6.07, 6.45) is 13.7. The second-order valence-corrected chi connectivity index (χ2v) is 11.3. The molecule has 1 aromatic rings. The largest absolute Gasteiger partial charge is 0.274 e. The van der Waals surface area contributed by atoms with Gasteiger partial charge in [-0.1, -0.05) is 51.4 Å². The van der Waals surface area contributed by atoms with Crippen LogP contribution in [0.1, 0.15) is 90.0 Å². The van der Waals surface area contributed by atoms with Crippen molar-refractivity contribution in [1.29, 1.82) is 5.41 Å². The van der Waals surface area contributed by atoms with Crippen molar-refractivity contribution in [3.05, 3.63) is 9.81 Å². The van der Waals surface area contributed by atoms with E-state index in [4.69, 9.17) is 10.5 Å². The molecule has 5 rings (SSSR count). The summed E-state index contributed by atoms with van der Waals surface area (Å²) < 4.78 is 2.03. The molecule has 4 saturated carbocycles. The molecule has 4 heteroatoms. The summed E-state index contributed by atoms with van der Waals surface area (Å²) in [4.78, 5) is 0.685. The third-order valence-electron chi connectivity index (χ3n) is 7.44. The van der Waals surface area contributed by atoms with Gasteiger partial charge in [0, 0.05) is 12.0 Å². The standard InChI is InChI=1S/C22H37N3S/c1-15(2)5-4-6-16(3)7-8-25-21(23)26-20(24-25)22-12-17-9-18(13-22)11-19(10-17)14-22/h15-19,23H,4-14H2,1-3H3. The van der Waals surface area contributed by atoms with Crippen LogP contribution in [0.2, 0.25) is 0 Å². The van der Waals surface area contributed by atoms with E-state index in [9.17, 15) is 0 Å². The summed E-state index contributed by atoms with van der Waals surface area (Å²) >= 11 is 1.69. The van der Waals surface area contributed by atoms with E-state index in [1.165, 1.54) is 69.2 Å². The van der Waals surface area contributed by atoms with E-state index < -0.39 is 0 Å². The topological polar surface area (TPSA) is 41.7 Å². The van der Waals surface area contributed by atoms with Gasteiger partial charge in [0.05, 0.1) is 0 Å². The van der Waals surface area contributed by atoms with E-state index in [0.717, 1.165) is 36.1 Å². The fourth-order valence-corrected chi connectivity index (χ4v) is 7.45. The van der Waals surface area contributed by atoms with E-state index in [-0.39, 0.29) is 0 Å². The van der Waals surface area contributed by atoms with Gasteiger partial charge in [-0.15, -0.1) is 0 Å². The molecule has 4 fully saturated rings. The first-order chi connectivity index (χ1) is 12.4. The summed E-state index contributed by atoms with van der Waals surface area (Å²) in [6.45, 7) is 7.93. The number of nitrogens with one attached hydrogen (secondary N) is 1. The zero-order valence-corrected chi connectivity index (χ0v) is 17.8. The predicted molar refractivity (Wildman–Crippen MR) is 108 cm³/mol. The van der Waals surface area contributed by atoms with Crippen molar-refractivity contribution < 1.29 is 0 Å². The van der Waals surface area contributed by atoms with Crippen LogP contribution in [-0.4, -0.2) is 9.78 Å². The molecule has 4 bridgehead atoms. The van der Waals surface area contributed by atoms with E-state index >= 15 is 0 Å². The second-order valence-electron chi connectivity index (χ2n) is 10.4. The highest BCUT2D eigenvalue weighted by Crippen LogP contribution is 2.60. The highest BCUT2D eigenvalue weighted by Gasteiger charge is 2.53. The Morgan fingerprint density at radius 2 is 1.65 bits per heavy atom. The van der Waals surface area contributed by atoms with Crippen LogP contribution >= 0.6 is 11.3 Å². The Morgan fingerprint density at radius 1 is 1.04 bits per heavy atom. The van der Waals surface area contributed by atoms with Crippen LogP contribution in [0, 0.1) is 35.0 Å². The van der Waals surface area contributed by atoms with Crippen LogP contribution in [-0.2, 0) is 12.0 Å². The zero-order valence-electron chi connectivity index (χ0n) is 17.0. The van der Waals surface area contributed by atoms with Crippen molar-refractivity contribution in [3.8, 4) is 0 Å². The fourth-order valence-electron chi connectivity index (χ4n) is 6.42. The van der Waals surface area contributed by atoms with Gasteiger partial charge in [-0.25, -0.2) is 4.68 Å². The predicted octanol–water partition coefficient (Wildman–Crippen LogP) is 5.74. The molecule has 0 aromatic carbocycles. The number of hydrogen-bond donors (Lipinski definition) is 1. The molecule has 0 radical (unpaired) electrons. The number of aromatic nitrogens is 2. The molecule has 1 aromatic heterocycles. The van der Waals surface area contributed by atoms with Crippen molar-refractivity contribution in [3.63, 3.8) is 0 Å². The van der Waals surface area contributed by atoms with E-state index in [1.54, 1.807) is 11.3 Å². The van der Waals surface area contributed by atoms with Crippen LogP contribution in [0.5, 0.6) is 0 Å². The quantitative estimate of drug-likeness (QED) is 0.618. The summed E-state index contributed by atoms with van der Waals surface area (Å²) in [5.74, 6) is 4.42. The Hall–Kier alpha value is -0.640. The van der Waals surface area contributed by atoms with Gasteiger partial charge >= 0.3 is 0 Å². The van der Waals surface area contributed by atoms with Gasteiger partial charge in [-0.3, -0.25) is 5.41 Å². The maximum absolute atomic E-state index is 8.46. The molecule has 0 amide bonds. The van der Waals surface area contributed by atoms with Crippen molar-refractivity contribution >= 4 is 11.3 Å². The molecular formula is C22H37N3S. The third kappa shape index (κ3) is 3.81. The fraction of sp³-hybridized carbons (Fsp3) is 0.909. The molecular weight excluding hydrogens is 338 g/mol. The lowest BCUT2D eigenvalue weighted by molar-refractivity contribution is -0.00587. The molecule has 0 saturated heterocycles. The van der Waals surface area contributed by atoms with Crippen molar-refractivity contribution in [2.24, 2.45) is 29.6 Å². The highest BCUT2D eigenvalue weighted by molar-refractivity contribution is 7.08. The van der Waals surface area contributed by atoms with Gasteiger partial charge in [0.1, 0.15) is 5.01 Å². The molecule has 1 N–H and O–H groups in total. The minimum atomic E-state index is 0.351. The van der Waals surface area contributed by atoms with Gasteiger partial charge < -0.3 is 0 Å². The van der Waals surface area contributed by atoms with Crippen LogP contribution in [0.4, 0.5) is 0 Å². The summed E-state index contributed by atoms with van der Waals surface area (Å²) in [5, 5.41) is 14.8. The molecule has 3 nitrogen and oxygen atoms in total. The average molecular weight is 376 g/mol. The Morgan fingerprint density at radius 3 is 2.23 bits per heavy atom. The Labute approximate surface area is 163 Å². The molecule has 4 aliphatic rings. The highest BCUT2D eigenvalue weighted by atomic mass is 32.1. The molecule has 26 heavy (non-hydrogen) atoms. The maximum Gasteiger partial charge on any atom is 0.200 e. The lowest BCUT2D eigenvalue weighted by Gasteiger charge is -2.55. The Bertz CT molecular complexity index is 636. The van der Waals surface area contributed by atoms with Crippen LogP contribution < -0.4 is 4.80 Å². The number of aryl methyl sites for hydroxylation is 1. The van der Waals surface area contributed by atoms with Crippen molar-refractivity contribution in [1.82, 2.24) is 9.78 Å². The first-order valence-corrected chi connectivity index (χ1v) is 11.9. The van der Waals surface area contributed by atoms with Crippen LogP contribution in [0.3, 0.4) is 0 Å². The first-order valence-electron chi connectivity index (χ1n) is 11.1. The summed E-state index contributed by atoms with van der Waals surface area (Å²) in [5.41, 5.74) is 0.351. The molecule has 0 spiro atoms. The van der Waals surface area contributed by atoms with E-state index in [1.807, 2.05) is 4.68 Å². The zero-order chi connectivity index (χ0) is 18.3. The minimum absolute atomic E-state index is 0.351. The average Bonchev–Trinajstić information content (AvgIpc) is 2.93. The maximum atomic E-state index is 8.46. The van der Waals surface area contributed by atoms with Crippen molar-refractivity contribution in [2.75, 3.05) is 0 Å². The number of nitrogens with zero attached hydrogens (tertiary/aromatic N) is 2. The lowest BCUT2D eigenvalue weighted by Crippen LogP contribution is -2.48. The van der Waals surface area contributed by atoms with Gasteiger partial charge in [-0.05, 0) is 74.5 Å². The summed E-state index contributed by atoms with van der Waals surface area (Å²) in [7, 11) is 0. The SMILES string of the molecule is CC(C)CCCC(C)CCn1nc(C23CC4CC(CC(C4)C2)C3)sc1=N. The van der Waals surface area contributed by atoms with Crippen LogP contribution in [0.25, 0.3) is 0 Å². The second kappa shape index (κ2) is 7.41. The summed E-state index contributed by atoms with van der Waals surface area (Å²) in [6, 6.07) is 0. The monoisotopic (exact) mass is 375 g/mol. The van der Waals surface area contributed by atoms with E-state index in [0.29, 0.717) is 10.2 Å². The molecule has 1 heterocycles. The molecule has 1 unspecified atom stereocenters. The number of hydrogen-bond acceptors (Lipinski definition) is 3. The number of rotatable bonds is 8. The van der Waals surface area contributed by atoms with Crippen molar-refractivity contribution in [2.45, 2.75) is 96.9 Å². The van der Waals surface area contributed by atoms with Crippen LogP contribution in [0.15, 0.2) is 0 Å². The minimum Gasteiger partial charge on any atom is -0.274 e. The van der Waals surface area contributed by atoms with Gasteiger partial charge in [0.25, 0.3) is 0 Å². The van der Waals surface area contributed by atoms with Gasteiger partial charge in [-0.2, -0.15) is 5.10 Å². The lowest BCUT2D eigenvalue weighted by atomic mass is 9.50. The smallest absolute Gasteiger partial charge is 0.200 e. The molecule has 0 aliphatic heterocycles. The molecule has 1 atom stereocenters. The van der Waals surface area contributed by atoms with Gasteiger partial charge in [0.15, 0.2) is 4.80 Å². The van der Waals surface area contributed by atoms with Gasteiger partial charge in [0.2, 0.25) is 0 Å². The third-order valence-corrected chi connectivity index (χ3v) is 8.56. The Kier molecular flexibility index (Phi) is 5.33. The first kappa shape index (κ1) is 18.7.